The summed E-state index contributed by atoms with van der Waals surface area (Å²) in [6.45, 7) is 8.64. The Balaban J connectivity index is 0.937. The van der Waals surface area contributed by atoms with E-state index >= 15 is 0 Å². The molecule has 11 rings (SSSR count). The Labute approximate surface area is 396 Å². The topological polar surface area (TPSA) is 79.9 Å². The fraction of sp³-hybridized carbons (Fsp3) is 0.167. The van der Waals surface area contributed by atoms with E-state index in [0.29, 0.717) is 0 Å². The lowest BCUT2D eigenvalue weighted by Crippen LogP contribution is -2.06. The highest BCUT2D eigenvalue weighted by atomic mass is 16.5. The zero-order chi connectivity index (χ0) is 46.1. The Morgan fingerprint density at radius 2 is 0.838 bits per heavy atom. The molecule has 0 aliphatic carbocycles. The number of rotatable bonds is 14. The fourth-order valence-corrected chi connectivity index (χ4v) is 9.50. The summed E-state index contributed by atoms with van der Waals surface area (Å²) in [4.78, 5) is 20.6. The maximum absolute atomic E-state index is 6.70. The second-order valence-corrected chi connectivity index (χ2v) is 17.7. The van der Waals surface area contributed by atoms with Gasteiger partial charge in [0.25, 0.3) is 0 Å². The molecule has 5 heterocycles. The van der Waals surface area contributed by atoms with Crippen molar-refractivity contribution in [3.05, 3.63) is 193 Å². The van der Waals surface area contributed by atoms with Crippen LogP contribution in [-0.4, -0.2) is 29.1 Å². The molecule has 0 amide bonds. The van der Waals surface area contributed by atoms with E-state index in [2.05, 4.69) is 170 Å². The molecule has 0 unspecified atom stereocenters. The SMILES string of the molecule is CCCCc1nc(-c2cccc(Oc3ccc4c5ccccc5n(-c5cc(C)ccn5)c4c3)c2)c(CCCC)nc1-c1cccc(Oc2ccc3c4ccccc4n(-c4cc(C)ccn4)c3c2)c1. The van der Waals surface area contributed by atoms with Crippen molar-refractivity contribution >= 4 is 43.6 Å². The summed E-state index contributed by atoms with van der Waals surface area (Å²) in [5, 5.41) is 4.65. The Morgan fingerprint density at radius 1 is 0.412 bits per heavy atom. The lowest BCUT2D eigenvalue weighted by atomic mass is 10.0. The number of unbranched alkanes of at least 4 members (excludes halogenated alkanes) is 2. The lowest BCUT2D eigenvalue weighted by Gasteiger charge is -2.17. The molecule has 0 fully saturated rings. The van der Waals surface area contributed by atoms with Crippen molar-refractivity contribution in [2.24, 2.45) is 0 Å². The molecule has 0 spiro atoms. The highest BCUT2D eigenvalue weighted by Gasteiger charge is 2.20. The second-order valence-electron chi connectivity index (χ2n) is 17.7. The van der Waals surface area contributed by atoms with E-state index in [1.807, 2.05) is 36.7 Å². The molecule has 68 heavy (non-hydrogen) atoms. The number of pyridine rings is 2. The highest BCUT2D eigenvalue weighted by Crippen LogP contribution is 2.39. The van der Waals surface area contributed by atoms with Crippen LogP contribution in [0.5, 0.6) is 23.0 Å². The maximum Gasteiger partial charge on any atom is 0.137 e. The Hall–Kier alpha value is -8.10. The van der Waals surface area contributed by atoms with Crippen LogP contribution in [0.3, 0.4) is 0 Å². The van der Waals surface area contributed by atoms with Crippen LogP contribution in [0, 0.1) is 13.8 Å². The van der Waals surface area contributed by atoms with Gasteiger partial charge in [0.2, 0.25) is 0 Å². The number of hydrogen-bond acceptors (Lipinski definition) is 6. The van der Waals surface area contributed by atoms with Crippen molar-refractivity contribution in [3.63, 3.8) is 0 Å². The molecule has 0 bridgehead atoms. The number of hydrogen-bond donors (Lipinski definition) is 0. The molecular formula is C60H52N6O2. The van der Waals surface area contributed by atoms with Crippen molar-refractivity contribution in [1.29, 1.82) is 0 Å². The maximum atomic E-state index is 6.70. The minimum absolute atomic E-state index is 0.735. The average Bonchev–Trinajstić information content (AvgIpc) is 3.87. The van der Waals surface area contributed by atoms with Gasteiger partial charge >= 0.3 is 0 Å². The van der Waals surface area contributed by atoms with E-state index in [4.69, 9.17) is 29.4 Å². The molecule has 0 aliphatic rings. The predicted octanol–water partition coefficient (Wildman–Crippen LogP) is 15.7. The van der Waals surface area contributed by atoms with Gasteiger partial charge in [0.05, 0.1) is 44.8 Å². The first-order valence-electron chi connectivity index (χ1n) is 23.8. The minimum Gasteiger partial charge on any atom is -0.457 e. The van der Waals surface area contributed by atoms with Gasteiger partial charge in [-0.15, -0.1) is 0 Å². The van der Waals surface area contributed by atoms with Crippen LogP contribution in [-0.2, 0) is 12.8 Å². The standard InChI is InChI=1S/C60H52N6O2/c1-5-7-21-51-59(41-15-13-17-43(35-41)67-45-25-27-49-47-19-9-11-23-53(47)65(55(49)37-45)57-33-39(3)29-31-61-57)64-52(22-8-6-2)60(63-51)42-16-14-18-44(36-42)68-46-26-28-50-48-20-10-12-24-54(48)66(56(50)38-46)58-34-40(4)30-32-62-58/h9-20,23-38H,5-8,21-22H2,1-4H3. The third kappa shape index (κ3) is 8.12. The number of ether oxygens (including phenoxy) is 2. The van der Waals surface area contributed by atoms with Crippen LogP contribution in [0.1, 0.15) is 62.0 Å². The van der Waals surface area contributed by atoms with Crippen LogP contribution in [0.25, 0.3) is 77.8 Å². The monoisotopic (exact) mass is 888 g/mol. The Morgan fingerprint density at radius 3 is 1.28 bits per heavy atom. The van der Waals surface area contributed by atoms with Gasteiger partial charge in [0.15, 0.2) is 0 Å². The summed E-state index contributed by atoms with van der Waals surface area (Å²) >= 11 is 0. The molecule has 8 heteroatoms. The molecule has 8 nitrogen and oxygen atoms in total. The van der Waals surface area contributed by atoms with Gasteiger partial charge in [-0.1, -0.05) is 87.4 Å². The van der Waals surface area contributed by atoms with Gasteiger partial charge in [0.1, 0.15) is 34.6 Å². The molecule has 6 aromatic carbocycles. The molecule has 0 N–H and O–H groups in total. The molecule has 0 atom stereocenters. The highest BCUT2D eigenvalue weighted by molar-refractivity contribution is 6.10. The normalized spacial score (nSPS) is 11.6. The van der Waals surface area contributed by atoms with Gasteiger partial charge < -0.3 is 9.47 Å². The number of nitrogens with zero attached hydrogens (tertiary/aromatic N) is 6. The molecule has 0 saturated heterocycles. The number of fused-ring (bicyclic) bond motifs is 6. The number of aryl methyl sites for hydroxylation is 4. The van der Waals surface area contributed by atoms with Gasteiger partial charge in [-0.05, 0) is 136 Å². The molecule has 0 saturated carbocycles. The summed E-state index contributed by atoms with van der Waals surface area (Å²) < 4.78 is 17.9. The molecule has 0 radical (unpaired) electrons. The number of aromatic nitrogens is 6. The summed E-state index contributed by atoms with van der Waals surface area (Å²) in [7, 11) is 0. The summed E-state index contributed by atoms with van der Waals surface area (Å²) in [5.41, 5.74) is 12.3. The van der Waals surface area contributed by atoms with E-state index in [1.54, 1.807) is 0 Å². The first kappa shape index (κ1) is 42.5. The largest absolute Gasteiger partial charge is 0.457 e. The van der Waals surface area contributed by atoms with Crippen LogP contribution in [0.4, 0.5) is 0 Å². The summed E-state index contributed by atoms with van der Waals surface area (Å²) in [6.07, 6.45) is 9.43. The van der Waals surface area contributed by atoms with E-state index < -0.39 is 0 Å². The second kappa shape index (κ2) is 18.3. The number of benzene rings is 6. The van der Waals surface area contributed by atoms with Gasteiger partial charge in [-0.25, -0.2) is 19.9 Å². The minimum atomic E-state index is 0.735. The molecule has 334 valence electrons. The van der Waals surface area contributed by atoms with Gasteiger partial charge in [0, 0.05) is 57.2 Å². The lowest BCUT2D eigenvalue weighted by molar-refractivity contribution is 0.483. The van der Waals surface area contributed by atoms with Crippen LogP contribution >= 0.6 is 0 Å². The van der Waals surface area contributed by atoms with Crippen molar-refractivity contribution in [1.82, 2.24) is 29.1 Å². The van der Waals surface area contributed by atoms with Crippen molar-refractivity contribution in [2.75, 3.05) is 0 Å². The van der Waals surface area contributed by atoms with E-state index in [0.717, 1.165) is 151 Å². The van der Waals surface area contributed by atoms with E-state index in [1.165, 1.54) is 10.8 Å². The Bertz CT molecular complexity index is 3420. The molecule has 0 aliphatic heterocycles. The first-order valence-corrected chi connectivity index (χ1v) is 23.8. The van der Waals surface area contributed by atoms with E-state index in [9.17, 15) is 0 Å². The third-order valence-corrected chi connectivity index (χ3v) is 12.8. The molecular weight excluding hydrogens is 837 g/mol. The summed E-state index contributed by atoms with van der Waals surface area (Å²) in [6, 6.07) is 54.5. The average molecular weight is 889 g/mol. The van der Waals surface area contributed by atoms with Crippen LogP contribution < -0.4 is 9.47 Å². The van der Waals surface area contributed by atoms with Crippen molar-refractivity contribution in [3.8, 4) is 57.1 Å². The fourth-order valence-electron chi connectivity index (χ4n) is 9.50. The Kier molecular flexibility index (Phi) is 11.4. The third-order valence-electron chi connectivity index (χ3n) is 12.8. The van der Waals surface area contributed by atoms with Crippen LogP contribution in [0.2, 0.25) is 0 Å². The molecule has 11 aromatic rings. The van der Waals surface area contributed by atoms with Crippen molar-refractivity contribution in [2.45, 2.75) is 66.2 Å². The van der Waals surface area contributed by atoms with E-state index in [-0.39, 0.29) is 0 Å². The zero-order valence-electron chi connectivity index (χ0n) is 38.9. The smallest absolute Gasteiger partial charge is 0.137 e. The number of para-hydroxylation sites is 2. The molecule has 5 aromatic heterocycles. The predicted molar refractivity (Wildman–Crippen MR) is 277 cm³/mol. The van der Waals surface area contributed by atoms with Gasteiger partial charge in [-0.2, -0.15) is 0 Å². The zero-order valence-corrected chi connectivity index (χ0v) is 38.9. The van der Waals surface area contributed by atoms with Gasteiger partial charge in [-0.3, -0.25) is 9.13 Å². The first-order chi connectivity index (χ1) is 33.4. The van der Waals surface area contributed by atoms with Crippen LogP contribution in [0.15, 0.2) is 170 Å². The quantitative estimate of drug-likeness (QED) is 0.108. The summed E-state index contributed by atoms with van der Waals surface area (Å²) in [5.74, 6) is 4.72. The van der Waals surface area contributed by atoms with Crippen molar-refractivity contribution < 1.29 is 9.47 Å².